The average molecular weight is 202 g/mol. The molecule has 0 spiro atoms. The van der Waals surface area contributed by atoms with Crippen LogP contribution < -0.4 is 0 Å². The molecule has 15 heavy (non-hydrogen) atoms. The van der Waals surface area contributed by atoms with Crippen LogP contribution in [0.25, 0.3) is 0 Å². The van der Waals surface area contributed by atoms with E-state index in [0.717, 1.165) is 5.56 Å². The van der Waals surface area contributed by atoms with Crippen LogP contribution in [0, 0.1) is 0 Å². The van der Waals surface area contributed by atoms with Crippen molar-refractivity contribution in [2.75, 3.05) is 0 Å². The Morgan fingerprint density at radius 2 is 2.07 bits per heavy atom. The summed E-state index contributed by atoms with van der Waals surface area (Å²) in [6.45, 7) is 3.47. The van der Waals surface area contributed by atoms with Crippen LogP contribution >= 0.6 is 0 Å². The highest BCUT2D eigenvalue weighted by atomic mass is 16.3. The van der Waals surface area contributed by atoms with Gasteiger partial charge in [0.1, 0.15) is 0 Å². The first-order chi connectivity index (χ1) is 7.24. The van der Waals surface area contributed by atoms with Crippen LogP contribution in [-0.2, 0) is 4.79 Å². The van der Waals surface area contributed by atoms with Gasteiger partial charge in [0.05, 0.1) is 6.10 Å². The summed E-state index contributed by atoms with van der Waals surface area (Å²) < 4.78 is 0. The Balaban J connectivity index is 2.56. The molecule has 0 saturated carbocycles. The van der Waals surface area contributed by atoms with Crippen molar-refractivity contribution < 1.29 is 9.90 Å². The number of rotatable bonds is 5. The van der Waals surface area contributed by atoms with E-state index in [-0.39, 0.29) is 12.2 Å². The van der Waals surface area contributed by atoms with E-state index < -0.39 is 6.10 Å². The van der Waals surface area contributed by atoms with Gasteiger partial charge >= 0.3 is 0 Å². The Morgan fingerprint density at radius 3 is 2.67 bits per heavy atom. The van der Waals surface area contributed by atoms with Crippen LogP contribution in [0.4, 0.5) is 0 Å². The minimum Gasteiger partial charge on any atom is -0.388 e. The third-order valence-electron chi connectivity index (χ3n) is 2.00. The highest BCUT2D eigenvalue weighted by molar-refractivity contribution is 5.90. The first kappa shape index (κ1) is 11.4. The summed E-state index contributed by atoms with van der Waals surface area (Å²) in [5, 5.41) is 9.71. The molecule has 78 valence electrons. The van der Waals surface area contributed by atoms with E-state index >= 15 is 0 Å². The molecule has 1 N–H and O–H groups in total. The van der Waals surface area contributed by atoms with E-state index in [9.17, 15) is 9.90 Å². The standard InChI is InChI=1S/C13H14O2/c1-2-3-9-12(14)10-13(15)11-7-5-4-6-8-11/h2-9,13,15H,1,10H2/b9-3+. The monoisotopic (exact) mass is 202 g/mol. The molecule has 2 nitrogen and oxygen atoms in total. The lowest BCUT2D eigenvalue weighted by Gasteiger charge is -2.07. The van der Waals surface area contributed by atoms with Gasteiger partial charge in [0.25, 0.3) is 0 Å². The van der Waals surface area contributed by atoms with Gasteiger partial charge < -0.3 is 5.11 Å². The number of aliphatic hydroxyl groups is 1. The lowest BCUT2D eigenvalue weighted by molar-refractivity contribution is -0.116. The van der Waals surface area contributed by atoms with E-state index in [2.05, 4.69) is 6.58 Å². The second-order valence-electron chi connectivity index (χ2n) is 3.19. The van der Waals surface area contributed by atoms with Crippen molar-refractivity contribution in [1.29, 1.82) is 0 Å². The van der Waals surface area contributed by atoms with Crippen molar-refractivity contribution >= 4 is 5.78 Å². The summed E-state index contributed by atoms with van der Waals surface area (Å²) in [5.41, 5.74) is 0.762. The van der Waals surface area contributed by atoms with Crippen molar-refractivity contribution in [2.45, 2.75) is 12.5 Å². The van der Waals surface area contributed by atoms with Crippen LogP contribution in [0.2, 0.25) is 0 Å². The first-order valence-corrected chi connectivity index (χ1v) is 4.79. The van der Waals surface area contributed by atoms with Crippen molar-refractivity contribution in [2.24, 2.45) is 0 Å². The summed E-state index contributed by atoms with van der Waals surface area (Å²) in [6, 6.07) is 9.14. The van der Waals surface area contributed by atoms with E-state index in [1.807, 2.05) is 18.2 Å². The molecule has 1 rings (SSSR count). The number of allylic oxidation sites excluding steroid dienone is 3. The molecule has 0 saturated heterocycles. The van der Waals surface area contributed by atoms with Gasteiger partial charge in [0.2, 0.25) is 0 Å². The molecule has 0 heterocycles. The third kappa shape index (κ3) is 3.92. The van der Waals surface area contributed by atoms with Crippen LogP contribution in [0.3, 0.4) is 0 Å². The maximum atomic E-state index is 11.3. The molecular formula is C13H14O2. The normalized spacial score (nSPS) is 12.6. The van der Waals surface area contributed by atoms with Gasteiger partial charge in [-0.25, -0.2) is 0 Å². The van der Waals surface area contributed by atoms with Crippen molar-refractivity contribution in [1.82, 2.24) is 0 Å². The Hall–Kier alpha value is -1.67. The van der Waals surface area contributed by atoms with Crippen LogP contribution in [0.1, 0.15) is 18.1 Å². The predicted molar refractivity (Wildman–Crippen MR) is 60.4 cm³/mol. The molecule has 0 radical (unpaired) electrons. The van der Waals surface area contributed by atoms with Gasteiger partial charge in [-0.15, -0.1) is 0 Å². The molecule has 0 aliphatic carbocycles. The second-order valence-corrected chi connectivity index (χ2v) is 3.19. The van der Waals surface area contributed by atoms with Gasteiger partial charge in [0.15, 0.2) is 5.78 Å². The zero-order valence-electron chi connectivity index (χ0n) is 8.47. The van der Waals surface area contributed by atoms with E-state index in [1.54, 1.807) is 18.2 Å². The number of hydrogen-bond donors (Lipinski definition) is 1. The molecule has 1 unspecified atom stereocenters. The molecule has 0 aliphatic rings. The van der Waals surface area contributed by atoms with E-state index in [4.69, 9.17) is 0 Å². The molecule has 0 fully saturated rings. The summed E-state index contributed by atoms with van der Waals surface area (Å²) in [4.78, 5) is 11.3. The average Bonchev–Trinajstić information content (AvgIpc) is 2.27. The van der Waals surface area contributed by atoms with Crippen molar-refractivity contribution in [3.8, 4) is 0 Å². The van der Waals surface area contributed by atoms with E-state index in [1.165, 1.54) is 12.2 Å². The molecular weight excluding hydrogens is 188 g/mol. The summed E-state index contributed by atoms with van der Waals surface area (Å²) in [7, 11) is 0. The van der Waals surface area contributed by atoms with Crippen molar-refractivity contribution in [3.63, 3.8) is 0 Å². The Bertz CT molecular complexity index is 352. The Morgan fingerprint density at radius 1 is 1.40 bits per heavy atom. The summed E-state index contributed by atoms with van der Waals surface area (Å²) in [6.07, 6.45) is 3.90. The second kappa shape index (κ2) is 5.94. The predicted octanol–water partition coefficient (Wildman–Crippen LogP) is 2.42. The molecule has 1 aromatic rings. The minimum absolute atomic E-state index is 0.105. The fraction of sp³-hybridized carbons (Fsp3) is 0.154. The first-order valence-electron chi connectivity index (χ1n) is 4.79. The molecule has 0 aromatic heterocycles. The van der Waals surface area contributed by atoms with Gasteiger partial charge in [0, 0.05) is 6.42 Å². The maximum Gasteiger partial charge on any atom is 0.158 e. The molecule has 1 aromatic carbocycles. The Labute approximate surface area is 89.6 Å². The fourth-order valence-corrected chi connectivity index (χ4v) is 1.23. The van der Waals surface area contributed by atoms with Gasteiger partial charge in [-0.3, -0.25) is 4.79 Å². The smallest absolute Gasteiger partial charge is 0.158 e. The van der Waals surface area contributed by atoms with Gasteiger partial charge in [-0.2, -0.15) is 0 Å². The zero-order chi connectivity index (χ0) is 11.1. The van der Waals surface area contributed by atoms with Gasteiger partial charge in [-0.05, 0) is 11.6 Å². The number of benzene rings is 1. The lowest BCUT2D eigenvalue weighted by Crippen LogP contribution is -2.03. The molecule has 0 amide bonds. The molecule has 0 aliphatic heterocycles. The quantitative estimate of drug-likeness (QED) is 0.588. The highest BCUT2D eigenvalue weighted by Gasteiger charge is 2.09. The number of carbonyl (C=O) groups is 1. The van der Waals surface area contributed by atoms with Crippen LogP contribution in [0.15, 0.2) is 55.1 Å². The number of aliphatic hydroxyl groups excluding tert-OH is 1. The highest BCUT2D eigenvalue weighted by Crippen LogP contribution is 2.16. The SMILES string of the molecule is C=C/C=C/C(=O)CC(O)c1ccccc1. The number of hydrogen-bond acceptors (Lipinski definition) is 2. The van der Waals surface area contributed by atoms with Crippen LogP contribution in [-0.4, -0.2) is 10.9 Å². The topological polar surface area (TPSA) is 37.3 Å². The van der Waals surface area contributed by atoms with E-state index in [0.29, 0.717) is 0 Å². The lowest BCUT2D eigenvalue weighted by atomic mass is 10.0. The third-order valence-corrected chi connectivity index (χ3v) is 2.00. The minimum atomic E-state index is -0.729. The largest absolute Gasteiger partial charge is 0.388 e. The summed E-state index contributed by atoms with van der Waals surface area (Å²) in [5.74, 6) is -0.105. The number of carbonyl (C=O) groups excluding carboxylic acids is 1. The summed E-state index contributed by atoms with van der Waals surface area (Å²) >= 11 is 0. The maximum absolute atomic E-state index is 11.3. The zero-order valence-corrected chi connectivity index (χ0v) is 8.47. The van der Waals surface area contributed by atoms with Crippen molar-refractivity contribution in [3.05, 3.63) is 60.7 Å². The number of ketones is 1. The fourth-order valence-electron chi connectivity index (χ4n) is 1.23. The molecule has 0 bridgehead atoms. The van der Waals surface area contributed by atoms with Gasteiger partial charge in [-0.1, -0.05) is 49.1 Å². The Kier molecular flexibility index (Phi) is 4.51. The molecule has 1 atom stereocenters. The molecule has 2 heteroatoms. The van der Waals surface area contributed by atoms with Crippen LogP contribution in [0.5, 0.6) is 0 Å².